The fourth-order valence-electron chi connectivity index (χ4n) is 4.27. The second kappa shape index (κ2) is 9.47. The highest BCUT2D eigenvalue weighted by Crippen LogP contribution is 2.38. The van der Waals surface area contributed by atoms with E-state index in [1.54, 1.807) is 0 Å². The summed E-state index contributed by atoms with van der Waals surface area (Å²) in [5, 5.41) is 12.7. The fourth-order valence-corrected chi connectivity index (χ4v) is 8.84. The van der Waals surface area contributed by atoms with Gasteiger partial charge in [0, 0.05) is 0 Å². The summed E-state index contributed by atoms with van der Waals surface area (Å²) in [4.78, 5) is 12.1. The summed E-state index contributed by atoms with van der Waals surface area (Å²) >= 11 is 0. The Kier molecular flexibility index (Phi) is 7.30. The molecule has 3 rings (SSSR count). The zero-order valence-electron chi connectivity index (χ0n) is 20.0. The van der Waals surface area contributed by atoms with Gasteiger partial charge in [-0.3, -0.25) is 4.79 Å². The first-order chi connectivity index (χ1) is 14.9. The number of epoxide rings is 1. The van der Waals surface area contributed by atoms with Crippen molar-refractivity contribution in [2.75, 3.05) is 6.61 Å². The number of hydrogen-bond donors (Lipinski definition) is 1. The van der Waals surface area contributed by atoms with Crippen LogP contribution in [0.5, 0.6) is 0 Å². The summed E-state index contributed by atoms with van der Waals surface area (Å²) in [7, 11) is -2.65. The highest BCUT2D eigenvalue weighted by Gasteiger charge is 2.53. The monoisotopic (exact) mass is 456 g/mol. The summed E-state index contributed by atoms with van der Waals surface area (Å²) in [5.41, 5.74) is -0.576. The Bertz CT molecular complexity index is 846. The van der Waals surface area contributed by atoms with E-state index in [1.165, 1.54) is 10.4 Å². The van der Waals surface area contributed by atoms with Crippen LogP contribution in [0.3, 0.4) is 0 Å². The predicted molar refractivity (Wildman–Crippen MR) is 129 cm³/mol. The van der Waals surface area contributed by atoms with E-state index in [0.717, 1.165) is 0 Å². The lowest BCUT2D eigenvalue weighted by Crippen LogP contribution is -2.66. The molecule has 0 bridgehead atoms. The SMILES string of the molecule is CC(C)(C)OC(=O)C[C@H](O)[C@@H]1O[C@H]1CO[Si](c1ccccc1)(c1ccccc1)C(C)(C)C. The normalized spacial score (nSPS) is 20.0. The molecule has 1 aliphatic heterocycles. The molecule has 0 spiro atoms. The average molecular weight is 457 g/mol. The van der Waals surface area contributed by atoms with Crippen LogP contribution in [-0.2, 0) is 18.7 Å². The van der Waals surface area contributed by atoms with Gasteiger partial charge in [-0.15, -0.1) is 0 Å². The number of benzene rings is 2. The molecule has 0 saturated carbocycles. The molecule has 5 nitrogen and oxygen atoms in total. The third-order valence-corrected chi connectivity index (χ3v) is 10.7. The minimum atomic E-state index is -2.65. The van der Waals surface area contributed by atoms with Crippen LogP contribution < -0.4 is 10.4 Å². The van der Waals surface area contributed by atoms with Gasteiger partial charge in [-0.25, -0.2) is 0 Å². The Morgan fingerprint density at radius 2 is 1.47 bits per heavy atom. The maximum atomic E-state index is 12.1. The van der Waals surface area contributed by atoms with E-state index < -0.39 is 32.1 Å². The lowest BCUT2D eigenvalue weighted by molar-refractivity contribution is -0.157. The van der Waals surface area contributed by atoms with Crippen molar-refractivity contribution >= 4 is 24.7 Å². The molecule has 0 aromatic heterocycles. The van der Waals surface area contributed by atoms with E-state index in [2.05, 4.69) is 69.3 Å². The summed E-state index contributed by atoms with van der Waals surface area (Å²) in [5.74, 6) is -0.424. The lowest BCUT2D eigenvalue weighted by Gasteiger charge is -2.43. The van der Waals surface area contributed by atoms with Crippen molar-refractivity contribution in [3.8, 4) is 0 Å². The summed E-state index contributed by atoms with van der Waals surface area (Å²) in [6.45, 7) is 12.5. The molecule has 1 aliphatic rings. The van der Waals surface area contributed by atoms with E-state index >= 15 is 0 Å². The number of rotatable bonds is 8. The van der Waals surface area contributed by atoms with Gasteiger partial charge in [0.05, 0.1) is 19.1 Å². The fraction of sp³-hybridized carbons (Fsp3) is 0.500. The van der Waals surface area contributed by atoms with Gasteiger partial charge in [0.1, 0.15) is 17.8 Å². The summed E-state index contributed by atoms with van der Waals surface area (Å²) < 4.78 is 17.9. The minimum absolute atomic E-state index is 0.0857. The van der Waals surface area contributed by atoms with Gasteiger partial charge >= 0.3 is 5.97 Å². The molecule has 6 heteroatoms. The molecule has 1 N–H and O–H groups in total. The van der Waals surface area contributed by atoms with Gasteiger partial charge in [0.2, 0.25) is 0 Å². The van der Waals surface area contributed by atoms with E-state index in [-0.39, 0.29) is 17.6 Å². The van der Waals surface area contributed by atoms with Crippen LogP contribution >= 0.6 is 0 Å². The highest BCUT2D eigenvalue weighted by molar-refractivity contribution is 6.99. The zero-order valence-corrected chi connectivity index (χ0v) is 21.0. The third-order valence-electron chi connectivity index (χ3n) is 5.68. The Hall–Kier alpha value is -1.99. The molecule has 3 atom stereocenters. The molecule has 1 heterocycles. The Balaban J connectivity index is 1.76. The summed E-state index contributed by atoms with van der Waals surface area (Å²) in [6, 6.07) is 20.8. The molecule has 1 saturated heterocycles. The van der Waals surface area contributed by atoms with Crippen LogP contribution in [0.4, 0.5) is 0 Å². The first-order valence-corrected chi connectivity index (χ1v) is 13.2. The number of hydrogen-bond acceptors (Lipinski definition) is 5. The molecule has 2 aromatic carbocycles. The standard InChI is InChI=1S/C26H36O5Si/c1-25(2,3)31-23(28)17-21(27)24-22(30-24)18-29-32(26(4,5)6,19-13-9-7-10-14-19)20-15-11-8-12-16-20/h7-16,21-22,24,27H,17-18H2,1-6H3/t21-,22-,24-/m0/s1. The number of esters is 1. The van der Waals surface area contributed by atoms with E-state index in [9.17, 15) is 9.90 Å². The quantitative estimate of drug-likeness (QED) is 0.374. The van der Waals surface area contributed by atoms with Crippen molar-refractivity contribution < 1.29 is 23.8 Å². The van der Waals surface area contributed by atoms with Crippen molar-refractivity contribution in [2.24, 2.45) is 0 Å². The van der Waals surface area contributed by atoms with Gasteiger partial charge in [0.25, 0.3) is 8.32 Å². The maximum Gasteiger partial charge on any atom is 0.309 e. The Labute approximate surface area is 192 Å². The number of carbonyl (C=O) groups is 1. The average Bonchev–Trinajstić information content (AvgIpc) is 3.47. The van der Waals surface area contributed by atoms with Gasteiger partial charge in [-0.2, -0.15) is 0 Å². The molecule has 0 aliphatic carbocycles. The molecule has 0 unspecified atom stereocenters. The largest absolute Gasteiger partial charge is 0.460 e. The molecule has 2 aromatic rings. The van der Waals surface area contributed by atoms with Crippen LogP contribution in [0.1, 0.15) is 48.0 Å². The molecule has 1 fully saturated rings. The van der Waals surface area contributed by atoms with Crippen molar-refractivity contribution in [3.05, 3.63) is 60.7 Å². The summed E-state index contributed by atoms with van der Waals surface area (Å²) in [6.07, 6.45) is -1.65. The number of carbonyl (C=O) groups excluding carboxylic acids is 1. The molecular formula is C26H36O5Si. The van der Waals surface area contributed by atoms with E-state index in [0.29, 0.717) is 6.61 Å². The third kappa shape index (κ3) is 5.67. The van der Waals surface area contributed by atoms with Crippen LogP contribution in [0.15, 0.2) is 60.7 Å². The first-order valence-electron chi connectivity index (χ1n) is 11.2. The molecular weight excluding hydrogens is 420 g/mol. The maximum absolute atomic E-state index is 12.1. The van der Waals surface area contributed by atoms with Crippen LogP contribution in [0, 0.1) is 0 Å². The van der Waals surface area contributed by atoms with Gasteiger partial charge in [-0.1, -0.05) is 81.4 Å². The lowest BCUT2D eigenvalue weighted by atomic mass is 10.1. The van der Waals surface area contributed by atoms with Crippen LogP contribution in [-0.4, -0.2) is 49.9 Å². The van der Waals surface area contributed by atoms with Crippen LogP contribution in [0.2, 0.25) is 5.04 Å². The topological polar surface area (TPSA) is 68.3 Å². The van der Waals surface area contributed by atoms with E-state index in [1.807, 2.05) is 32.9 Å². The number of aliphatic hydroxyl groups is 1. The Morgan fingerprint density at radius 3 is 1.91 bits per heavy atom. The van der Waals surface area contributed by atoms with Crippen molar-refractivity contribution in [1.82, 2.24) is 0 Å². The zero-order chi connectivity index (χ0) is 23.6. The van der Waals surface area contributed by atoms with Gasteiger partial charge < -0.3 is 19.0 Å². The van der Waals surface area contributed by atoms with Gasteiger partial charge in [0.15, 0.2) is 0 Å². The second-order valence-electron chi connectivity index (χ2n) is 10.5. The number of aliphatic hydroxyl groups excluding tert-OH is 1. The molecule has 0 amide bonds. The molecule has 174 valence electrons. The molecule has 0 radical (unpaired) electrons. The van der Waals surface area contributed by atoms with Gasteiger partial charge in [-0.05, 0) is 36.2 Å². The number of ether oxygens (including phenoxy) is 2. The first kappa shape index (κ1) is 24.6. The van der Waals surface area contributed by atoms with Crippen molar-refractivity contribution in [1.29, 1.82) is 0 Å². The van der Waals surface area contributed by atoms with Crippen molar-refractivity contribution in [2.45, 2.75) is 76.9 Å². The smallest absolute Gasteiger partial charge is 0.309 e. The highest BCUT2D eigenvalue weighted by atomic mass is 28.4. The van der Waals surface area contributed by atoms with Crippen molar-refractivity contribution in [3.63, 3.8) is 0 Å². The minimum Gasteiger partial charge on any atom is -0.460 e. The second-order valence-corrected chi connectivity index (χ2v) is 14.8. The van der Waals surface area contributed by atoms with Crippen LogP contribution in [0.25, 0.3) is 0 Å². The Morgan fingerprint density at radius 1 is 0.969 bits per heavy atom. The molecule has 32 heavy (non-hydrogen) atoms. The van der Waals surface area contributed by atoms with E-state index in [4.69, 9.17) is 13.9 Å². The predicted octanol–water partition coefficient (Wildman–Crippen LogP) is 3.42.